The van der Waals surface area contributed by atoms with Crippen LogP contribution in [-0.4, -0.2) is 11.9 Å². The Hall–Kier alpha value is -2.21. The standard InChI is InChI=1S/C15H11BrFNO3/c1-9(19)18-11-3-5-12(6-4-11)21-15(20)13-7-2-10(16)8-14(13)17/h2-8H,1H3,(H,18,19). The number of hydrogen-bond donors (Lipinski definition) is 1. The highest BCUT2D eigenvalue weighted by atomic mass is 79.9. The van der Waals surface area contributed by atoms with E-state index in [2.05, 4.69) is 21.2 Å². The Morgan fingerprint density at radius 1 is 1.14 bits per heavy atom. The zero-order chi connectivity index (χ0) is 15.4. The average molecular weight is 352 g/mol. The van der Waals surface area contributed by atoms with Crippen LogP contribution in [0.1, 0.15) is 17.3 Å². The van der Waals surface area contributed by atoms with Crippen LogP contribution < -0.4 is 10.1 Å². The number of halogens is 2. The van der Waals surface area contributed by atoms with E-state index in [1.165, 1.54) is 31.2 Å². The van der Waals surface area contributed by atoms with E-state index in [4.69, 9.17) is 4.74 Å². The summed E-state index contributed by atoms with van der Waals surface area (Å²) < 4.78 is 19.2. The van der Waals surface area contributed by atoms with E-state index in [1.54, 1.807) is 18.2 Å². The zero-order valence-electron chi connectivity index (χ0n) is 11.0. The van der Waals surface area contributed by atoms with E-state index in [-0.39, 0.29) is 17.2 Å². The first kappa shape index (κ1) is 15.2. The van der Waals surface area contributed by atoms with Crippen LogP contribution in [0.5, 0.6) is 5.75 Å². The number of hydrogen-bond acceptors (Lipinski definition) is 3. The third-order valence-corrected chi connectivity index (χ3v) is 3.03. The van der Waals surface area contributed by atoms with Gasteiger partial charge >= 0.3 is 5.97 Å². The maximum absolute atomic E-state index is 13.6. The SMILES string of the molecule is CC(=O)Nc1ccc(OC(=O)c2ccc(Br)cc2F)cc1. The minimum atomic E-state index is -0.785. The minimum absolute atomic E-state index is 0.149. The molecule has 6 heteroatoms. The van der Waals surface area contributed by atoms with Crippen LogP contribution in [0.3, 0.4) is 0 Å². The Morgan fingerprint density at radius 3 is 2.38 bits per heavy atom. The van der Waals surface area contributed by atoms with Crippen LogP contribution in [-0.2, 0) is 4.79 Å². The molecule has 4 nitrogen and oxygen atoms in total. The topological polar surface area (TPSA) is 55.4 Å². The molecule has 1 amide bonds. The molecule has 0 saturated heterocycles. The van der Waals surface area contributed by atoms with Gasteiger partial charge in [-0.2, -0.15) is 0 Å². The molecule has 0 aliphatic rings. The largest absolute Gasteiger partial charge is 0.423 e. The molecular formula is C15H11BrFNO3. The first-order valence-electron chi connectivity index (χ1n) is 6.00. The Balaban J connectivity index is 2.10. The molecule has 1 N–H and O–H groups in total. The normalized spacial score (nSPS) is 10.0. The van der Waals surface area contributed by atoms with Crippen molar-refractivity contribution in [3.63, 3.8) is 0 Å². The number of rotatable bonds is 3. The number of nitrogens with one attached hydrogen (secondary N) is 1. The Labute approximate surface area is 129 Å². The van der Waals surface area contributed by atoms with Gasteiger partial charge in [-0.25, -0.2) is 9.18 Å². The summed E-state index contributed by atoms with van der Waals surface area (Å²) in [6.45, 7) is 1.39. The van der Waals surface area contributed by atoms with Crippen molar-refractivity contribution in [2.75, 3.05) is 5.32 Å². The van der Waals surface area contributed by atoms with E-state index in [0.717, 1.165) is 0 Å². The van der Waals surface area contributed by atoms with Crippen molar-refractivity contribution in [1.82, 2.24) is 0 Å². The first-order chi connectivity index (χ1) is 9.95. The summed E-state index contributed by atoms with van der Waals surface area (Å²) in [7, 11) is 0. The molecule has 0 fully saturated rings. The molecule has 0 atom stereocenters. The van der Waals surface area contributed by atoms with E-state index in [0.29, 0.717) is 10.2 Å². The minimum Gasteiger partial charge on any atom is -0.423 e. The van der Waals surface area contributed by atoms with Crippen molar-refractivity contribution in [1.29, 1.82) is 0 Å². The summed E-state index contributed by atoms with van der Waals surface area (Å²) in [5.41, 5.74) is 0.432. The van der Waals surface area contributed by atoms with Crippen molar-refractivity contribution >= 4 is 33.5 Å². The molecule has 21 heavy (non-hydrogen) atoms. The molecule has 0 aliphatic heterocycles. The summed E-state index contributed by atoms with van der Waals surface area (Å²) in [6, 6.07) is 10.3. The maximum atomic E-state index is 13.6. The first-order valence-corrected chi connectivity index (χ1v) is 6.80. The highest BCUT2D eigenvalue weighted by Crippen LogP contribution is 2.20. The highest BCUT2D eigenvalue weighted by Gasteiger charge is 2.14. The molecule has 2 rings (SSSR count). The molecule has 0 aromatic heterocycles. The van der Waals surface area contributed by atoms with E-state index in [1.807, 2.05) is 0 Å². The molecule has 0 unspecified atom stereocenters. The highest BCUT2D eigenvalue weighted by molar-refractivity contribution is 9.10. The van der Waals surface area contributed by atoms with Gasteiger partial charge in [0, 0.05) is 17.1 Å². The van der Waals surface area contributed by atoms with Crippen LogP contribution in [0.4, 0.5) is 10.1 Å². The van der Waals surface area contributed by atoms with Crippen LogP contribution in [0.15, 0.2) is 46.9 Å². The lowest BCUT2D eigenvalue weighted by atomic mass is 10.2. The molecule has 0 spiro atoms. The lowest BCUT2D eigenvalue weighted by molar-refractivity contribution is -0.114. The molecular weight excluding hydrogens is 341 g/mol. The van der Waals surface area contributed by atoms with Gasteiger partial charge in [0.2, 0.25) is 5.91 Å². The van der Waals surface area contributed by atoms with Gasteiger partial charge in [0.05, 0.1) is 5.56 Å². The number of carbonyl (C=O) groups is 2. The Kier molecular flexibility index (Phi) is 4.70. The number of ether oxygens (including phenoxy) is 1. The second-order valence-electron chi connectivity index (χ2n) is 4.22. The predicted molar refractivity (Wildman–Crippen MR) is 79.8 cm³/mol. The number of carbonyl (C=O) groups excluding carboxylic acids is 2. The maximum Gasteiger partial charge on any atom is 0.346 e. The third-order valence-electron chi connectivity index (χ3n) is 2.54. The second-order valence-corrected chi connectivity index (χ2v) is 5.13. The molecule has 2 aromatic carbocycles. The number of benzene rings is 2. The third kappa shape index (κ3) is 4.13. The predicted octanol–water partition coefficient (Wildman–Crippen LogP) is 3.77. The van der Waals surface area contributed by atoms with Crippen LogP contribution in [0.25, 0.3) is 0 Å². The van der Waals surface area contributed by atoms with E-state index in [9.17, 15) is 14.0 Å². The molecule has 0 bridgehead atoms. The van der Waals surface area contributed by atoms with Crippen LogP contribution >= 0.6 is 15.9 Å². The molecule has 0 radical (unpaired) electrons. The molecule has 0 aliphatic carbocycles. The van der Waals surface area contributed by atoms with E-state index >= 15 is 0 Å². The number of esters is 1. The monoisotopic (exact) mass is 351 g/mol. The average Bonchev–Trinajstić information content (AvgIpc) is 2.40. The van der Waals surface area contributed by atoms with E-state index < -0.39 is 11.8 Å². The number of amides is 1. The van der Waals surface area contributed by atoms with Crippen molar-refractivity contribution in [3.05, 3.63) is 58.3 Å². The lowest BCUT2D eigenvalue weighted by Gasteiger charge is -2.07. The summed E-state index contributed by atoms with van der Waals surface area (Å²) in [6.07, 6.45) is 0. The van der Waals surface area contributed by atoms with Crippen LogP contribution in [0, 0.1) is 5.82 Å². The van der Waals surface area contributed by atoms with Gasteiger partial charge in [-0.15, -0.1) is 0 Å². The smallest absolute Gasteiger partial charge is 0.346 e. The van der Waals surface area contributed by atoms with Crippen molar-refractivity contribution in [3.8, 4) is 5.75 Å². The Bertz CT molecular complexity index is 686. The molecule has 0 heterocycles. The second kappa shape index (κ2) is 6.49. The van der Waals surface area contributed by atoms with Crippen LogP contribution in [0.2, 0.25) is 0 Å². The summed E-state index contributed by atoms with van der Waals surface area (Å²) >= 11 is 3.11. The Morgan fingerprint density at radius 2 is 1.81 bits per heavy atom. The number of anilines is 1. The molecule has 0 saturated carbocycles. The quantitative estimate of drug-likeness (QED) is 0.676. The van der Waals surface area contributed by atoms with Crippen molar-refractivity contribution in [2.24, 2.45) is 0 Å². The van der Waals surface area contributed by atoms with Crippen molar-refractivity contribution in [2.45, 2.75) is 6.92 Å². The molecule has 2 aromatic rings. The summed E-state index contributed by atoms with van der Waals surface area (Å²) in [5, 5.41) is 2.59. The lowest BCUT2D eigenvalue weighted by Crippen LogP contribution is -2.11. The van der Waals surface area contributed by atoms with Gasteiger partial charge in [-0.1, -0.05) is 15.9 Å². The fourth-order valence-corrected chi connectivity index (χ4v) is 1.96. The van der Waals surface area contributed by atoms with Gasteiger partial charge in [-0.3, -0.25) is 4.79 Å². The van der Waals surface area contributed by atoms with Gasteiger partial charge in [0.25, 0.3) is 0 Å². The van der Waals surface area contributed by atoms with Gasteiger partial charge in [-0.05, 0) is 42.5 Å². The summed E-state index contributed by atoms with van der Waals surface area (Å²) in [4.78, 5) is 22.7. The summed E-state index contributed by atoms with van der Waals surface area (Å²) in [5.74, 6) is -1.38. The molecule has 108 valence electrons. The zero-order valence-corrected chi connectivity index (χ0v) is 12.6. The van der Waals surface area contributed by atoms with Gasteiger partial charge in [0.1, 0.15) is 11.6 Å². The van der Waals surface area contributed by atoms with Gasteiger partial charge < -0.3 is 10.1 Å². The fraction of sp³-hybridized carbons (Fsp3) is 0.0667. The van der Waals surface area contributed by atoms with Gasteiger partial charge in [0.15, 0.2) is 0 Å². The fourth-order valence-electron chi connectivity index (χ4n) is 1.63. The van der Waals surface area contributed by atoms with Crippen molar-refractivity contribution < 1.29 is 18.7 Å².